The number of hydrogen-bond acceptors (Lipinski definition) is 2. The van der Waals surface area contributed by atoms with Gasteiger partial charge in [0.25, 0.3) is 0 Å². The highest BCUT2D eigenvalue weighted by Crippen LogP contribution is 2.41. The summed E-state index contributed by atoms with van der Waals surface area (Å²) in [5.74, 6) is 0.291. The van der Waals surface area contributed by atoms with Crippen molar-refractivity contribution in [1.29, 1.82) is 0 Å². The molecule has 1 heterocycles. The van der Waals surface area contributed by atoms with Crippen molar-refractivity contribution in [2.75, 3.05) is 0 Å². The van der Waals surface area contributed by atoms with Gasteiger partial charge in [-0.2, -0.15) is 0 Å². The summed E-state index contributed by atoms with van der Waals surface area (Å²) < 4.78 is 20.4. The van der Waals surface area contributed by atoms with Gasteiger partial charge in [-0.3, -0.25) is 0 Å². The molecule has 0 saturated heterocycles. The molecule has 1 N–H and O–H groups in total. The molecule has 2 atom stereocenters. The number of benzene rings is 2. The van der Waals surface area contributed by atoms with Crippen LogP contribution >= 0.6 is 15.9 Å². The van der Waals surface area contributed by atoms with Crippen molar-refractivity contribution in [3.05, 3.63) is 63.9 Å². The lowest BCUT2D eigenvalue weighted by atomic mass is 9.95. The summed E-state index contributed by atoms with van der Waals surface area (Å²) in [7, 11) is 0. The average Bonchev–Trinajstić information content (AvgIpc) is 2.38. The number of rotatable bonds is 1. The van der Waals surface area contributed by atoms with Gasteiger partial charge in [0.05, 0.1) is 6.10 Å². The Balaban J connectivity index is 1.97. The molecule has 2 aromatic carbocycles. The Morgan fingerprint density at radius 1 is 1.16 bits per heavy atom. The fraction of sp³-hybridized carbons (Fsp3) is 0.200. The first-order chi connectivity index (χ1) is 9.15. The van der Waals surface area contributed by atoms with E-state index in [1.165, 1.54) is 6.07 Å². The van der Waals surface area contributed by atoms with Crippen LogP contribution in [0, 0.1) is 5.82 Å². The van der Waals surface area contributed by atoms with Crippen LogP contribution in [0.2, 0.25) is 0 Å². The third-order valence-corrected chi connectivity index (χ3v) is 3.79. The van der Waals surface area contributed by atoms with E-state index < -0.39 is 12.2 Å². The fourth-order valence-electron chi connectivity index (χ4n) is 2.35. The van der Waals surface area contributed by atoms with E-state index in [9.17, 15) is 9.50 Å². The molecule has 0 aromatic heterocycles. The molecular weight excluding hydrogens is 311 g/mol. The second-order valence-corrected chi connectivity index (χ2v) is 5.48. The third-order valence-electron chi connectivity index (χ3n) is 3.29. The minimum atomic E-state index is -0.627. The highest BCUT2D eigenvalue weighted by atomic mass is 79.9. The molecule has 0 amide bonds. The summed E-state index contributed by atoms with van der Waals surface area (Å²) in [5, 5.41) is 10.1. The molecule has 3 rings (SSSR count). The molecule has 0 bridgehead atoms. The van der Waals surface area contributed by atoms with E-state index in [2.05, 4.69) is 15.9 Å². The SMILES string of the molecule is OC1CC(c2ccc(Br)cc2F)Oc2ccccc21. The summed E-state index contributed by atoms with van der Waals surface area (Å²) in [6.45, 7) is 0. The summed E-state index contributed by atoms with van der Waals surface area (Å²) in [4.78, 5) is 0. The molecule has 4 heteroatoms. The van der Waals surface area contributed by atoms with E-state index in [0.717, 1.165) is 5.56 Å². The number of para-hydroxylation sites is 1. The molecule has 0 saturated carbocycles. The second-order valence-electron chi connectivity index (χ2n) is 4.56. The Bertz CT molecular complexity index is 615. The van der Waals surface area contributed by atoms with E-state index >= 15 is 0 Å². The van der Waals surface area contributed by atoms with Gasteiger partial charge in [0.1, 0.15) is 17.7 Å². The molecule has 0 fully saturated rings. The minimum Gasteiger partial charge on any atom is -0.485 e. The number of aliphatic hydroxyl groups is 1. The lowest BCUT2D eigenvalue weighted by molar-refractivity contribution is 0.0640. The molecular formula is C15H12BrFO2. The number of aliphatic hydroxyl groups excluding tert-OH is 1. The van der Waals surface area contributed by atoms with Crippen LogP contribution in [-0.4, -0.2) is 5.11 Å². The number of ether oxygens (including phenoxy) is 1. The quantitative estimate of drug-likeness (QED) is 0.854. The van der Waals surface area contributed by atoms with Crippen molar-refractivity contribution in [3.63, 3.8) is 0 Å². The first-order valence-electron chi connectivity index (χ1n) is 6.04. The van der Waals surface area contributed by atoms with Crippen LogP contribution in [0.5, 0.6) is 5.75 Å². The van der Waals surface area contributed by atoms with E-state index in [1.807, 2.05) is 18.2 Å². The standard InChI is InChI=1S/C15H12BrFO2/c16-9-5-6-10(12(17)7-9)15-8-13(18)11-3-1-2-4-14(11)19-15/h1-7,13,15,18H,8H2. The van der Waals surface area contributed by atoms with Crippen molar-refractivity contribution < 1.29 is 14.2 Å². The van der Waals surface area contributed by atoms with Crippen LogP contribution in [0.4, 0.5) is 4.39 Å². The van der Waals surface area contributed by atoms with Gasteiger partial charge in [0.15, 0.2) is 0 Å². The summed E-state index contributed by atoms with van der Waals surface area (Å²) in [6, 6.07) is 12.2. The Kier molecular flexibility index (Phi) is 3.29. The van der Waals surface area contributed by atoms with E-state index in [-0.39, 0.29) is 5.82 Å². The molecule has 2 nitrogen and oxygen atoms in total. The molecule has 2 unspecified atom stereocenters. The highest BCUT2D eigenvalue weighted by Gasteiger charge is 2.29. The average molecular weight is 323 g/mol. The minimum absolute atomic E-state index is 0.328. The van der Waals surface area contributed by atoms with Crippen molar-refractivity contribution in [2.24, 2.45) is 0 Å². The monoisotopic (exact) mass is 322 g/mol. The highest BCUT2D eigenvalue weighted by molar-refractivity contribution is 9.10. The Labute approximate surface area is 119 Å². The zero-order chi connectivity index (χ0) is 13.4. The zero-order valence-electron chi connectivity index (χ0n) is 10.0. The van der Waals surface area contributed by atoms with E-state index in [1.54, 1.807) is 18.2 Å². The molecule has 1 aliphatic heterocycles. The third kappa shape index (κ3) is 2.38. The van der Waals surface area contributed by atoms with Crippen LogP contribution in [-0.2, 0) is 0 Å². The number of fused-ring (bicyclic) bond motifs is 1. The van der Waals surface area contributed by atoms with Crippen LogP contribution in [0.25, 0.3) is 0 Å². The second kappa shape index (κ2) is 4.94. The van der Waals surface area contributed by atoms with Crippen molar-refractivity contribution in [3.8, 4) is 5.75 Å². The number of halogens is 2. The molecule has 1 aliphatic rings. The maximum atomic E-state index is 13.9. The molecule has 0 spiro atoms. The predicted molar refractivity (Wildman–Crippen MR) is 73.5 cm³/mol. The van der Waals surface area contributed by atoms with E-state index in [0.29, 0.717) is 22.2 Å². The van der Waals surface area contributed by atoms with Crippen molar-refractivity contribution >= 4 is 15.9 Å². The maximum Gasteiger partial charge on any atom is 0.131 e. The smallest absolute Gasteiger partial charge is 0.131 e. The van der Waals surface area contributed by atoms with Crippen molar-refractivity contribution in [2.45, 2.75) is 18.6 Å². The molecule has 2 aromatic rings. The summed E-state index contributed by atoms with van der Waals surface area (Å²) in [6.07, 6.45) is -0.730. The lowest BCUT2D eigenvalue weighted by Crippen LogP contribution is -2.19. The van der Waals surface area contributed by atoms with Gasteiger partial charge >= 0.3 is 0 Å². The lowest BCUT2D eigenvalue weighted by Gasteiger charge is -2.30. The van der Waals surface area contributed by atoms with Gasteiger partial charge in [0, 0.05) is 22.0 Å². The molecule has 98 valence electrons. The molecule has 0 aliphatic carbocycles. The predicted octanol–water partition coefficient (Wildman–Crippen LogP) is 4.15. The van der Waals surface area contributed by atoms with Crippen LogP contribution in [0.1, 0.15) is 29.8 Å². The number of hydrogen-bond donors (Lipinski definition) is 1. The van der Waals surface area contributed by atoms with Gasteiger partial charge < -0.3 is 9.84 Å². The first kappa shape index (κ1) is 12.6. The van der Waals surface area contributed by atoms with E-state index in [4.69, 9.17) is 4.74 Å². The van der Waals surface area contributed by atoms with Crippen LogP contribution in [0.15, 0.2) is 46.9 Å². The van der Waals surface area contributed by atoms with Gasteiger partial charge in [0.2, 0.25) is 0 Å². The van der Waals surface area contributed by atoms with Gasteiger partial charge in [-0.25, -0.2) is 4.39 Å². The molecule has 19 heavy (non-hydrogen) atoms. The normalized spacial score (nSPS) is 21.6. The Morgan fingerprint density at radius 3 is 2.74 bits per heavy atom. The van der Waals surface area contributed by atoms with Crippen molar-refractivity contribution in [1.82, 2.24) is 0 Å². The molecule has 0 radical (unpaired) electrons. The van der Waals surface area contributed by atoms with Gasteiger partial charge in [-0.15, -0.1) is 0 Å². The maximum absolute atomic E-state index is 13.9. The van der Waals surface area contributed by atoms with Gasteiger partial charge in [-0.1, -0.05) is 40.2 Å². The Hall–Kier alpha value is -1.39. The summed E-state index contributed by atoms with van der Waals surface area (Å²) >= 11 is 3.23. The van der Waals surface area contributed by atoms with Crippen LogP contribution in [0.3, 0.4) is 0 Å². The van der Waals surface area contributed by atoms with Gasteiger partial charge in [-0.05, 0) is 18.2 Å². The summed E-state index contributed by atoms with van der Waals surface area (Å²) in [5.41, 5.74) is 1.23. The fourth-order valence-corrected chi connectivity index (χ4v) is 2.68. The topological polar surface area (TPSA) is 29.5 Å². The van der Waals surface area contributed by atoms with Crippen LogP contribution < -0.4 is 4.74 Å². The largest absolute Gasteiger partial charge is 0.485 e. The first-order valence-corrected chi connectivity index (χ1v) is 6.83. The zero-order valence-corrected chi connectivity index (χ0v) is 11.6. The Morgan fingerprint density at radius 2 is 1.95 bits per heavy atom.